The quantitative estimate of drug-likeness (QED) is 0.474. The molecule has 3 aromatic rings. The van der Waals surface area contributed by atoms with Crippen LogP contribution < -0.4 is 14.8 Å². The summed E-state index contributed by atoms with van der Waals surface area (Å²) in [7, 11) is 1.41. The maximum Gasteiger partial charge on any atom is 0.416 e. The number of halogens is 3. The first-order valence-corrected chi connectivity index (χ1v) is 10.2. The van der Waals surface area contributed by atoms with Crippen LogP contribution in [-0.4, -0.2) is 34.3 Å². The molecule has 1 atom stereocenters. The largest absolute Gasteiger partial charge is 0.493 e. The maximum atomic E-state index is 13.6. The Bertz CT molecular complexity index is 1240. The molecule has 3 N–H and O–H groups in total. The van der Waals surface area contributed by atoms with Gasteiger partial charge in [0, 0.05) is 29.7 Å². The zero-order chi connectivity index (χ0) is 24.5. The predicted molar refractivity (Wildman–Crippen MR) is 114 cm³/mol. The highest BCUT2D eigenvalue weighted by Gasteiger charge is 2.34. The van der Waals surface area contributed by atoms with E-state index in [4.69, 9.17) is 14.6 Å². The fourth-order valence-electron chi connectivity index (χ4n) is 3.91. The van der Waals surface area contributed by atoms with Crippen molar-refractivity contribution < 1.29 is 37.3 Å². The Hall–Kier alpha value is -4.02. The molecular weight excluding hydrogens is 455 g/mol. The molecule has 0 bridgehead atoms. The van der Waals surface area contributed by atoms with Crippen molar-refractivity contribution in [3.8, 4) is 11.5 Å². The van der Waals surface area contributed by atoms with Gasteiger partial charge in [-0.25, -0.2) is 0 Å². The summed E-state index contributed by atoms with van der Waals surface area (Å²) in [6.45, 7) is -0.407. The van der Waals surface area contributed by atoms with Crippen LogP contribution in [-0.2, 0) is 28.8 Å². The van der Waals surface area contributed by atoms with E-state index in [-0.39, 0.29) is 35.1 Å². The minimum atomic E-state index is -4.68. The van der Waals surface area contributed by atoms with Crippen LogP contribution >= 0.6 is 0 Å². The Morgan fingerprint density at radius 1 is 1.21 bits per heavy atom. The van der Waals surface area contributed by atoms with E-state index in [1.807, 2.05) is 0 Å². The van der Waals surface area contributed by atoms with Gasteiger partial charge in [-0.3, -0.25) is 14.7 Å². The molecule has 178 valence electrons. The molecule has 11 heteroatoms. The normalized spacial score (nSPS) is 15.4. The van der Waals surface area contributed by atoms with Gasteiger partial charge >= 0.3 is 12.1 Å². The third kappa shape index (κ3) is 4.82. The number of aromatic nitrogens is 2. The van der Waals surface area contributed by atoms with Gasteiger partial charge in [0.1, 0.15) is 6.61 Å². The predicted octanol–water partition coefficient (Wildman–Crippen LogP) is 4.12. The zero-order valence-corrected chi connectivity index (χ0v) is 17.9. The first-order valence-electron chi connectivity index (χ1n) is 10.2. The standard InChI is InChI=1S/C23H20F3N3O5/c1-33-19-8-13(15-9-20(30)28-22-16(15)10-27-29-22)4-5-18(19)34-11-14-3-2-12(7-21(31)32)6-17(14)23(24,25)26/h2-6,8,10,15H,7,9,11H2,1H3,(H,31,32)(H2,27,28,29,30). The monoisotopic (exact) mass is 475 g/mol. The number of rotatable bonds is 7. The minimum absolute atomic E-state index is 0.0423. The summed E-state index contributed by atoms with van der Waals surface area (Å²) in [5.41, 5.74) is 0.519. The second-order valence-electron chi connectivity index (χ2n) is 7.75. The van der Waals surface area contributed by atoms with Crippen molar-refractivity contribution >= 4 is 17.7 Å². The van der Waals surface area contributed by atoms with Gasteiger partial charge in [-0.1, -0.05) is 18.2 Å². The molecule has 4 rings (SSSR count). The first kappa shape index (κ1) is 23.1. The van der Waals surface area contributed by atoms with E-state index in [2.05, 4.69) is 15.5 Å². The Labute approximate surface area is 191 Å². The molecule has 0 saturated carbocycles. The van der Waals surface area contributed by atoms with E-state index in [1.54, 1.807) is 24.4 Å². The summed E-state index contributed by atoms with van der Waals surface area (Å²) in [5, 5.41) is 18.3. The fraction of sp³-hybridized carbons (Fsp3) is 0.261. The summed E-state index contributed by atoms with van der Waals surface area (Å²) in [4.78, 5) is 22.9. The number of hydrogen-bond acceptors (Lipinski definition) is 5. The van der Waals surface area contributed by atoms with Crippen LogP contribution in [0.4, 0.5) is 19.0 Å². The van der Waals surface area contributed by atoms with E-state index in [0.717, 1.165) is 17.2 Å². The molecule has 2 aromatic carbocycles. The van der Waals surface area contributed by atoms with Crippen LogP contribution in [0.3, 0.4) is 0 Å². The number of aliphatic carboxylic acids is 1. The van der Waals surface area contributed by atoms with Gasteiger partial charge in [-0.05, 0) is 29.3 Å². The number of aromatic amines is 1. The molecule has 8 nitrogen and oxygen atoms in total. The van der Waals surface area contributed by atoms with Gasteiger partial charge in [-0.2, -0.15) is 18.3 Å². The molecule has 0 spiro atoms. The van der Waals surface area contributed by atoms with Crippen molar-refractivity contribution in [3.05, 3.63) is 70.4 Å². The lowest BCUT2D eigenvalue weighted by Gasteiger charge is -2.23. The number of nitrogens with one attached hydrogen (secondary N) is 2. The Kier molecular flexibility index (Phi) is 6.18. The average molecular weight is 475 g/mol. The molecule has 34 heavy (non-hydrogen) atoms. The van der Waals surface area contributed by atoms with Gasteiger partial charge in [-0.15, -0.1) is 0 Å². The number of carboxylic acid groups (broad SMARTS) is 1. The van der Waals surface area contributed by atoms with E-state index in [0.29, 0.717) is 11.6 Å². The second-order valence-corrected chi connectivity index (χ2v) is 7.75. The minimum Gasteiger partial charge on any atom is -0.493 e. The molecule has 1 amide bonds. The lowest BCUT2D eigenvalue weighted by molar-refractivity contribution is -0.139. The topological polar surface area (TPSA) is 114 Å². The molecule has 1 aromatic heterocycles. The van der Waals surface area contributed by atoms with Crippen LogP contribution in [0.15, 0.2) is 42.6 Å². The van der Waals surface area contributed by atoms with Crippen LogP contribution in [0.5, 0.6) is 11.5 Å². The molecule has 0 radical (unpaired) electrons. The van der Waals surface area contributed by atoms with Crippen LogP contribution in [0, 0.1) is 0 Å². The highest BCUT2D eigenvalue weighted by molar-refractivity contribution is 5.94. The van der Waals surface area contributed by atoms with Crippen molar-refractivity contribution in [1.29, 1.82) is 0 Å². The van der Waals surface area contributed by atoms with Crippen molar-refractivity contribution in [1.82, 2.24) is 10.2 Å². The summed E-state index contributed by atoms with van der Waals surface area (Å²) < 4.78 is 51.7. The number of alkyl halides is 3. The van der Waals surface area contributed by atoms with E-state index in [9.17, 15) is 22.8 Å². The molecule has 1 unspecified atom stereocenters. The number of carboxylic acids is 1. The van der Waals surface area contributed by atoms with Crippen LogP contribution in [0.1, 0.15) is 40.2 Å². The molecular formula is C23H20F3N3O5. The zero-order valence-electron chi connectivity index (χ0n) is 17.9. The van der Waals surface area contributed by atoms with Gasteiger partial charge in [0.25, 0.3) is 0 Å². The number of H-pyrrole nitrogens is 1. The molecule has 2 heterocycles. The number of nitrogens with zero attached hydrogens (tertiary/aromatic N) is 1. The number of fused-ring (bicyclic) bond motifs is 1. The first-order chi connectivity index (χ1) is 16.2. The van der Waals surface area contributed by atoms with E-state index in [1.165, 1.54) is 19.2 Å². The van der Waals surface area contributed by atoms with Crippen molar-refractivity contribution in [2.75, 3.05) is 12.4 Å². The molecule has 0 aliphatic carbocycles. The van der Waals surface area contributed by atoms with Gasteiger partial charge < -0.3 is 19.9 Å². The molecule has 0 saturated heterocycles. The van der Waals surface area contributed by atoms with Crippen molar-refractivity contribution in [2.45, 2.75) is 31.5 Å². The van der Waals surface area contributed by atoms with Gasteiger partial charge in [0.05, 0.1) is 19.1 Å². The number of methoxy groups -OCH3 is 1. The lowest BCUT2D eigenvalue weighted by atomic mass is 9.87. The van der Waals surface area contributed by atoms with Crippen molar-refractivity contribution in [2.24, 2.45) is 0 Å². The highest BCUT2D eigenvalue weighted by atomic mass is 19.4. The number of carbonyl (C=O) groups is 2. The number of hydrogen-bond donors (Lipinski definition) is 3. The number of ether oxygens (including phenoxy) is 2. The third-order valence-electron chi connectivity index (χ3n) is 5.50. The average Bonchev–Trinajstić information content (AvgIpc) is 3.25. The summed E-state index contributed by atoms with van der Waals surface area (Å²) in [5.74, 6) is -0.711. The number of benzene rings is 2. The van der Waals surface area contributed by atoms with Gasteiger partial charge in [0.2, 0.25) is 5.91 Å². The number of amides is 1. The number of carbonyl (C=O) groups excluding carboxylic acids is 1. The van der Waals surface area contributed by atoms with E-state index >= 15 is 0 Å². The number of anilines is 1. The smallest absolute Gasteiger partial charge is 0.416 e. The third-order valence-corrected chi connectivity index (χ3v) is 5.50. The van der Waals surface area contributed by atoms with Crippen LogP contribution in [0.2, 0.25) is 0 Å². The molecule has 1 aliphatic heterocycles. The summed E-state index contributed by atoms with van der Waals surface area (Å²) in [6, 6.07) is 8.34. The lowest BCUT2D eigenvalue weighted by Crippen LogP contribution is -2.23. The Morgan fingerprint density at radius 2 is 2.00 bits per heavy atom. The maximum absolute atomic E-state index is 13.6. The Balaban J connectivity index is 1.58. The highest BCUT2D eigenvalue weighted by Crippen LogP contribution is 2.40. The van der Waals surface area contributed by atoms with Crippen LogP contribution in [0.25, 0.3) is 0 Å². The fourth-order valence-corrected chi connectivity index (χ4v) is 3.91. The van der Waals surface area contributed by atoms with E-state index < -0.39 is 30.7 Å². The second kappa shape index (κ2) is 9.08. The van der Waals surface area contributed by atoms with Crippen molar-refractivity contribution in [3.63, 3.8) is 0 Å². The SMILES string of the molecule is COc1cc(C2CC(=O)Nc3n[nH]cc32)ccc1OCc1ccc(CC(=O)O)cc1C(F)(F)F. The summed E-state index contributed by atoms with van der Waals surface area (Å²) in [6.07, 6.45) is -3.29. The summed E-state index contributed by atoms with van der Waals surface area (Å²) >= 11 is 0. The van der Waals surface area contributed by atoms with Gasteiger partial charge in [0.15, 0.2) is 17.3 Å². The molecule has 1 aliphatic rings. The Morgan fingerprint density at radius 3 is 2.71 bits per heavy atom. The molecule has 0 fully saturated rings.